The molecule has 2 amide bonds. The second-order valence-corrected chi connectivity index (χ2v) is 9.45. The van der Waals surface area contributed by atoms with E-state index in [9.17, 15) is 14.4 Å². The van der Waals surface area contributed by atoms with Gasteiger partial charge in [-0.1, -0.05) is 51.3 Å². The first-order valence-electron chi connectivity index (χ1n) is 10.1. The first-order valence-corrected chi connectivity index (χ1v) is 11.6. The van der Waals surface area contributed by atoms with Crippen LogP contribution in [0.4, 0.5) is 0 Å². The highest BCUT2D eigenvalue weighted by Crippen LogP contribution is 2.34. The van der Waals surface area contributed by atoms with Crippen molar-refractivity contribution in [3.05, 3.63) is 104 Å². The SMILES string of the molecule is O=C(c1cccc(Cl)c1)N1CCc2c(n(C(=O)c3cccc(Cl)c3)c3ccc(Br)cc23)C1=O. The molecule has 0 saturated heterocycles. The van der Waals surface area contributed by atoms with Gasteiger partial charge < -0.3 is 0 Å². The number of hydrogen-bond acceptors (Lipinski definition) is 3. The van der Waals surface area contributed by atoms with Gasteiger partial charge in [0.15, 0.2) is 0 Å². The first kappa shape index (κ1) is 21.9. The Morgan fingerprint density at radius 1 is 0.848 bits per heavy atom. The summed E-state index contributed by atoms with van der Waals surface area (Å²) >= 11 is 15.6. The molecule has 0 radical (unpaired) electrons. The standard InChI is InChI=1S/C25H15BrCl2N2O3/c26-16-7-8-21-20(13-16)19-9-10-29(23(31)14-3-1-5-17(27)11-14)25(33)22(19)30(21)24(32)15-4-2-6-18(28)12-15/h1-8,11-13H,9-10H2. The van der Waals surface area contributed by atoms with Gasteiger partial charge >= 0.3 is 0 Å². The Morgan fingerprint density at radius 3 is 2.12 bits per heavy atom. The zero-order valence-electron chi connectivity index (χ0n) is 17.0. The number of aromatic nitrogens is 1. The number of carbonyl (C=O) groups excluding carboxylic acids is 3. The van der Waals surface area contributed by atoms with Gasteiger partial charge in [0, 0.05) is 37.6 Å². The Bertz CT molecular complexity index is 1480. The number of benzene rings is 3. The molecule has 1 aliphatic rings. The number of imide groups is 1. The van der Waals surface area contributed by atoms with Gasteiger partial charge in [0.05, 0.1) is 5.52 Å². The fraction of sp³-hybridized carbons (Fsp3) is 0.0800. The molecule has 8 heteroatoms. The number of fused-ring (bicyclic) bond motifs is 3. The molecule has 0 atom stereocenters. The largest absolute Gasteiger partial charge is 0.278 e. The maximum Gasteiger partial charge on any atom is 0.278 e. The molecule has 2 heterocycles. The van der Waals surface area contributed by atoms with Crippen molar-refractivity contribution in [2.75, 3.05) is 6.54 Å². The van der Waals surface area contributed by atoms with Gasteiger partial charge in [0.2, 0.25) is 0 Å². The number of nitrogens with zero attached hydrogens (tertiary/aromatic N) is 2. The van der Waals surface area contributed by atoms with Crippen molar-refractivity contribution in [3.8, 4) is 0 Å². The predicted octanol–water partition coefficient (Wildman–Crippen LogP) is 6.24. The second kappa shape index (κ2) is 8.45. The number of halogens is 3. The smallest absolute Gasteiger partial charge is 0.273 e. The molecule has 0 bridgehead atoms. The molecule has 5 nitrogen and oxygen atoms in total. The monoisotopic (exact) mass is 540 g/mol. The quantitative estimate of drug-likeness (QED) is 0.282. The van der Waals surface area contributed by atoms with Crippen molar-refractivity contribution in [2.24, 2.45) is 0 Å². The average Bonchev–Trinajstić information content (AvgIpc) is 3.13. The molecule has 4 aromatic rings. The lowest BCUT2D eigenvalue weighted by atomic mass is 10.0. The summed E-state index contributed by atoms with van der Waals surface area (Å²) < 4.78 is 2.22. The summed E-state index contributed by atoms with van der Waals surface area (Å²) in [6.45, 7) is 0.203. The zero-order valence-corrected chi connectivity index (χ0v) is 20.1. The Balaban J connectivity index is 1.68. The summed E-state index contributed by atoms with van der Waals surface area (Å²) in [7, 11) is 0. The van der Waals surface area contributed by atoms with Gasteiger partial charge in [0.1, 0.15) is 5.69 Å². The van der Waals surface area contributed by atoms with Crippen LogP contribution in [0.3, 0.4) is 0 Å². The van der Waals surface area contributed by atoms with E-state index in [0.717, 1.165) is 15.4 Å². The van der Waals surface area contributed by atoms with Crippen LogP contribution in [0.15, 0.2) is 71.2 Å². The number of amides is 2. The molecule has 0 saturated carbocycles. The van der Waals surface area contributed by atoms with Crippen LogP contribution in [-0.2, 0) is 6.42 Å². The summed E-state index contributed by atoms with van der Waals surface area (Å²) in [4.78, 5) is 41.6. The van der Waals surface area contributed by atoms with Crippen LogP contribution in [-0.4, -0.2) is 33.7 Å². The van der Waals surface area contributed by atoms with Gasteiger partial charge in [-0.15, -0.1) is 0 Å². The topological polar surface area (TPSA) is 59.4 Å². The molecule has 0 N–H and O–H groups in total. The lowest BCUT2D eigenvalue weighted by Gasteiger charge is -2.26. The molecule has 164 valence electrons. The van der Waals surface area contributed by atoms with Crippen LogP contribution in [0.2, 0.25) is 10.0 Å². The molecule has 3 aromatic carbocycles. The third-order valence-corrected chi connectivity index (χ3v) is 6.62. The van der Waals surface area contributed by atoms with E-state index >= 15 is 0 Å². The van der Waals surface area contributed by atoms with Crippen molar-refractivity contribution in [1.29, 1.82) is 0 Å². The van der Waals surface area contributed by atoms with Gasteiger partial charge in [-0.3, -0.25) is 23.9 Å². The predicted molar refractivity (Wildman–Crippen MR) is 131 cm³/mol. The number of hydrogen-bond donors (Lipinski definition) is 0. The van der Waals surface area contributed by atoms with Crippen molar-refractivity contribution in [3.63, 3.8) is 0 Å². The van der Waals surface area contributed by atoms with E-state index in [2.05, 4.69) is 15.9 Å². The average molecular weight is 542 g/mol. The van der Waals surface area contributed by atoms with E-state index in [1.165, 1.54) is 15.5 Å². The summed E-state index contributed by atoms with van der Waals surface area (Å²) in [6, 6.07) is 18.5. The summed E-state index contributed by atoms with van der Waals surface area (Å²) in [5, 5.41) is 1.61. The Morgan fingerprint density at radius 2 is 1.48 bits per heavy atom. The maximum atomic E-state index is 13.7. The third-order valence-electron chi connectivity index (χ3n) is 5.66. The minimum atomic E-state index is -0.524. The summed E-state index contributed by atoms with van der Waals surface area (Å²) in [5.74, 6) is -1.37. The molecule has 0 unspecified atom stereocenters. The molecule has 1 aromatic heterocycles. The molecule has 33 heavy (non-hydrogen) atoms. The molecule has 0 spiro atoms. The lowest BCUT2D eigenvalue weighted by Crippen LogP contribution is -2.43. The highest BCUT2D eigenvalue weighted by atomic mass is 79.9. The second-order valence-electron chi connectivity index (χ2n) is 7.66. The van der Waals surface area contributed by atoms with Gasteiger partial charge in [-0.2, -0.15) is 0 Å². The Kier molecular flexibility index (Phi) is 5.60. The van der Waals surface area contributed by atoms with E-state index < -0.39 is 17.7 Å². The molecule has 0 aliphatic carbocycles. The van der Waals surface area contributed by atoms with E-state index in [4.69, 9.17) is 23.2 Å². The minimum Gasteiger partial charge on any atom is -0.273 e. The van der Waals surface area contributed by atoms with Gasteiger partial charge in [-0.25, -0.2) is 0 Å². The highest BCUT2D eigenvalue weighted by Gasteiger charge is 2.36. The zero-order chi connectivity index (χ0) is 23.3. The molecule has 0 fully saturated rings. The fourth-order valence-electron chi connectivity index (χ4n) is 4.19. The summed E-state index contributed by atoms with van der Waals surface area (Å²) in [5.41, 5.74) is 2.18. The van der Waals surface area contributed by atoms with Crippen LogP contribution >= 0.6 is 39.1 Å². The maximum absolute atomic E-state index is 13.7. The Hall–Kier alpha value is -2.93. The van der Waals surface area contributed by atoms with Crippen LogP contribution in [0, 0.1) is 0 Å². The summed E-state index contributed by atoms with van der Waals surface area (Å²) in [6.07, 6.45) is 0.427. The Labute approximate surface area is 207 Å². The molecular formula is C25H15BrCl2N2O3. The van der Waals surface area contributed by atoms with Crippen molar-refractivity contribution in [2.45, 2.75) is 6.42 Å². The van der Waals surface area contributed by atoms with Crippen molar-refractivity contribution < 1.29 is 14.4 Å². The van der Waals surface area contributed by atoms with Crippen molar-refractivity contribution in [1.82, 2.24) is 9.47 Å². The lowest BCUT2D eigenvalue weighted by molar-refractivity contribution is 0.0593. The first-order chi connectivity index (χ1) is 15.8. The van der Waals surface area contributed by atoms with Crippen LogP contribution < -0.4 is 0 Å². The van der Waals surface area contributed by atoms with E-state index in [0.29, 0.717) is 33.1 Å². The van der Waals surface area contributed by atoms with Gasteiger partial charge in [-0.05, 0) is 66.6 Å². The van der Waals surface area contributed by atoms with Crippen LogP contribution in [0.1, 0.15) is 36.8 Å². The third kappa shape index (κ3) is 3.78. The van der Waals surface area contributed by atoms with Crippen molar-refractivity contribution >= 4 is 67.8 Å². The van der Waals surface area contributed by atoms with E-state index in [-0.39, 0.29) is 12.2 Å². The van der Waals surface area contributed by atoms with Gasteiger partial charge in [0.25, 0.3) is 17.7 Å². The highest BCUT2D eigenvalue weighted by molar-refractivity contribution is 9.10. The molecule has 1 aliphatic heterocycles. The van der Waals surface area contributed by atoms with E-state index in [1.807, 2.05) is 12.1 Å². The normalized spacial score (nSPS) is 13.3. The molecular weight excluding hydrogens is 527 g/mol. The molecule has 5 rings (SSSR count). The minimum absolute atomic E-state index is 0.190. The fourth-order valence-corrected chi connectivity index (χ4v) is 4.93. The van der Waals surface area contributed by atoms with Crippen LogP contribution in [0.5, 0.6) is 0 Å². The number of carbonyl (C=O) groups is 3. The number of rotatable bonds is 2. The van der Waals surface area contributed by atoms with Crippen LogP contribution in [0.25, 0.3) is 10.9 Å². The van der Waals surface area contributed by atoms with E-state index in [1.54, 1.807) is 48.5 Å².